The molecule has 0 saturated carbocycles. The number of hydrogen-bond donors (Lipinski definition) is 2. The summed E-state index contributed by atoms with van der Waals surface area (Å²) in [6.07, 6.45) is -1.74. The number of nitrogens with one attached hydrogen (secondary N) is 1. The predicted octanol–water partition coefficient (Wildman–Crippen LogP) is 4.52. The number of aliphatic hydroxyl groups excluding tert-OH is 1. The third kappa shape index (κ3) is 8.22. The lowest BCUT2D eigenvalue weighted by Crippen LogP contribution is -2.46. The van der Waals surface area contributed by atoms with E-state index in [-0.39, 0.29) is 40.5 Å². The zero-order valence-electron chi connectivity index (χ0n) is 25.7. The quantitative estimate of drug-likeness (QED) is 0.287. The number of pyridine rings is 1. The Kier molecular flexibility index (Phi) is 11.1. The van der Waals surface area contributed by atoms with Crippen LogP contribution in [-0.4, -0.2) is 74.5 Å². The summed E-state index contributed by atoms with van der Waals surface area (Å²) in [6, 6.07) is 13.1. The summed E-state index contributed by atoms with van der Waals surface area (Å²) in [6.45, 7) is 1.50. The van der Waals surface area contributed by atoms with Gasteiger partial charge in [-0.1, -0.05) is 31.2 Å². The number of alkyl halides is 3. The minimum Gasteiger partial charge on any atom is -0.394 e. The van der Waals surface area contributed by atoms with E-state index in [2.05, 4.69) is 10.3 Å². The maximum absolute atomic E-state index is 13.1. The van der Waals surface area contributed by atoms with Crippen molar-refractivity contribution in [3.05, 3.63) is 89.1 Å². The number of nitrogens with zero attached hydrogens (tertiary/aromatic N) is 3. The SMILES string of the molecule is CCS(=O)(=O)c1ccc([C@H](CO)NC(=O)c2ccc(N3CC(c4ccc(C(F)(F)F)cc4)CC[C@H]3CC(=O)N(C)OC)nc2)cc1. The lowest BCUT2D eigenvalue weighted by atomic mass is 9.85. The van der Waals surface area contributed by atoms with Crippen LogP contribution in [0.5, 0.6) is 0 Å². The molecule has 14 heteroatoms. The zero-order chi connectivity index (χ0) is 33.6. The molecule has 248 valence electrons. The molecular weight excluding hydrogens is 625 g/mol. The van der Waals surface area contributed by atoms with Crippen molar-refractivity contribution < 1.29 is 41.1 Å². The van der Waals surface area contributed by atoms with E-state index < -0.39 is 40.1 Å². The highest BCUT2D eigenvalue weighted by molar-refractivity contribution is 7.91. The largest absolute Gasteiger partial charge is 0.416 e. The van der Waals surface area contributed by atoms with Crippen molar-refractivity contribution in [3.8, 4) is 0 Å². The average Bonchev–Trinajstić information content (AvgIpc) is 3.06. The first kappa shape index (κ1) is 34.9. The number of halogens is 3. The number of piperidine rings is 1. The van der Waals surface area contributed by atoms with E-state index in [1.165, 1.54) is 56.8 Å². The Morgan fingerprint density at radius 3 is 2.30 bits per heavy atom. The van der Waals surface area contributed by atoms with Gasteiger partial charge in [0.05, 0.1) is 41.5 Å². The van der Waals surface area contributed by atoms with Gasteiger partial charge in [-0.15, -0.1) is 0 Å². The van der Waals surface area contributed by atoms with Crippen LogP contribution in [0.1, 0.15) is 65.2 Å². The first-order chi connectivity index (χ1) is 21.8. The zero-order valence-corrected chi connectivity index (χ0v) is 26.5. The lowest BCUT2D eigenvalue weighted by Gasteiger charge is -2.41. The summed E-state index contributed by atoms with van der Waals surface area (Å²) >= 11 is 0. The van der Waals surface area contributed by atoms with E-state index in [0.29, 0.717) is 30.8 Å². The van der Waals surface area contributed by atoms with Gasteiger partial charge in [0.1, 0.15) is 5.82 Å². The molecule has 2 N–H and O–H groups in total. The van der Waals surface area contributed by atoms with Gasteiger partial charge in [0, 0.05) is 38.2 Å². The molecule has 46 heavy (non-hydrogen) atoms. The average molecular weight is 663 g/mol. The molecule has 3 aromatic rings. The Labute approximate surface area is 266 Å². The highest BCUT2D eigenvalue weighted by Crippen LogP contribution is 2.36. The minimum atomic E-state index is -4.44. The van der Waals surface area contributed by atoms with Crippen molar-refractivity contribution in [1.82, 2.24) is 15.4 Å². The monoisotopic (exact) mass is 662 g/mol. The second kappa shape index (κ2) is 14.6. The van der Waals surface area contributed by atoms with Gasteiger partial charge >= 0.3 is 6.18 Å². The van der Waals surface area contributed by atoms with Crippen LogP contribution in [0.15, 0.2) is 71.8 Å². The van der Waals surface area contributed by atoms with Crippen LogP contribution in [0.2, 0.25) is 0 Å². The van der Waals surface area contributed by atoms with Gasteiger partial charge in [0.25, 0.3) is 5.91 Å². The van der Waals surface area contributed by atoms with Crippen molar-refractivity contribution in [3.63, 3.8) is 0 Å². The van der Waals surface area contributed by atoms with Crippen LogP contribution in [0, 0.1) is 0 Å². The summed E-state index contributed by atoms with van der Waals surface area (Å²) in [5, 5.41) is 13.8. The smallest absolute Gasteiger partial charge is 0.394 e. The topological polar surface area (TPSA) is 129 Å². The molecule has 4 rings (SSSR count). The molecule has 0 bridgehead atoms. The highest BCUT2D eigenvalue weighted by Gasteiger charge is 2.34. The molecule has 2 amide bonds. The Balaban J connectivity index is 1.52. The highest BCUT2D eigenvalue weighted by atomic mass is 32.2. The van der Waals surface area contributed by atoms with E-state index in [1.54, 1.807) is 19.1 Å². The molecule has 0 aliphatic carbocycles. The number of anilines is 1. The van der Waals surface area contributed by atoms with Gasteiger partial charge in [-0.3, -0.25) is 14.4 Å². The molecule has 1 aliphatic rings. The molecule has 0 spiro atoms. The van der Waals surface area contributed by atoms with Crippen LogP contribution < -0.4 is 10.2 Å². The molecule has 1 saturated heterocycles. The van der Waals surface area contributed by atoms with Gasteiger partial charge < -0.3 is 15.3 Å². The number of carbonyl (C=O) groups is 2. The molecule has 1 aromatic heterocycles. The van der Waals surface area contributed by atoms with Crippen molar-refractivity contribution >= 4 is 27.5 Å². The molecule has 1 fully saturated rings. The van der Waals surface area contributed by atoms with Crippen molar-refractivity contribution in [2.24, 2.45) is 0 Å². The molecule has 1 unspecified atom stereocenters. The number of benzene rings is 2. The second-order valence-corrected chi connectivity index (χ2v) is 13.3. The van der Waals surface area contributed by atoms with Gasteiger partial charge in [0.15, 0.2) is 9.84 Å². The molecular formula is C32H37F3N4O6S. The van der Waals surface area contributed by atoms with Crippen molar-refractivity contribution in [1.29, 1.82) is 0 Å². The summed E-state index contributed by atoms with van der Waals surface area (Å²) in [5.74, 6) is -0.459. The first-order valence-electron chi connectivity index (χ1n) is 14.7. The standard InChI is InChI=1S/C32H37F3N4O6S/c1-4-46(43,44)27-14-8-22(9-15-27)28(20-40)37-31(42)23-10-16-29(36-18-23)39-19-24(7-13-26(39)17-30(41)38(2)45-3)21-5-11-25(12-6-21)32(33,34)35/h5-6,8-12,14-16,18,24,26,28,40H,4,7,13,17,19-20H2,1-3H3,(H,37,42)/t24?,26-,28-/m0/s1. The number of hydroxylamine groups is 2. The normalized spacial score (nSPS) is 17.8. The molecule has 3 atom stereocenters. The summed E-state index contributed by atoms with van der Waals surface area (Å²) in [4.78, 5) is 37.4. The molecule has 10 nitrogen and oxygen atoms in total. The maximum atomic E-state index is 13.1. The van der Waals surface area contributed by atoms with E-state index in [1.807, 2.05) is 4.90 Å². The fourth-order valence-electron chi connectivity index (χ4n) is 5.41. The predicted molar refractivity (Wildman–Crippen MR) is 165 cm³/mol. The van der Waals surface area contributed by atoms with Crippen molar-refractivity contribution in [2.75, 3.05) is 38.0 Å². The van der Waals surface area contributed by atoms with E-state index in [4.69, 9.17) is 4.84 Å². The molecule has 1 aliphatic heterocycles. The van der Waals surface area contributed by atoms with Crippen LogP contribution in [0.3, 0.4) is 0 Å². The van der Waals surface area contributed by atoms with Gasteiger partial charge in [-0.2, -0.15) is 13.2 Å². The van der Waals surface area contributed by atoms with Crippen LogP contribution in [-0.2, 0) is 25.6 Å². The van der Waals surface area contributed by atoms with Crippen LogP contribution in [0.25, 0.3) is 0 Å². The van der Waals surface area contributed by atoms with E-state index in [0.717, 1.165) is 22.8 Å². The number of hydrogen-bond acceptors (Lipinski definition) is 8. The van der Waals surface area contributed by atoms with Gasteiger partial charge in [-0.25, -0.2) is 18.5 Å². The molecule has 0 radical (unpaired) electrons. The third-order valence-corrected chi connectivity index (χ3v) is 10.0. The molecule has 2 aromatic carbocycles. The minimum absolute atomic E-state index is 0.0517. The Bertz CT molecular complexity index is 1600. The number of carbonyl (C=O) groups excluding carboxylic acids is 2. The Hall–Kier alpha value is -4.01. The Morgan fingerprint density at radius 1 is 1.09 bits per heavy atom. The van der Waals surface area contributed by atoms with Crippen LogP contribution >= 0.6 is 0 Å². The van der Waals surface area contributed by atoms with E-state index in [9.17, 15) is 36.3 Å². The van der Waals surface area contributed by atoms with Gasteiger partial charge in [0.2, 0.25) is 5.91 Å². The number of rotatable bonds is 11. The second-order valence-electron chi connectivity index (χ2n) is 11.1. The van der Waals surface area contributed by atoms with Crippen LogP contribution in [0.4, 0.5) is 19.0 Å². The van der Waals surface area contributed by atoms with Gasteiger partial charge in [-0.05, 0) is 60.4 Å². The number of aliphatic hydroxyl groups is 1. The number of amides is 2. The lowest BCUT2D eigenvalue weighted by molar-refractivity contribution is -0.169. The summed E-state index contributed by atoms with van der Waals surface area (Å²) < 4.78 is 63.6. The van der Waals surface area contributed by atoms with E-state index >= 15 is 0 Å². The fraction of sp³-hybridized carbons (Fsp3) is 0.406. The molecule has 2 heterocycles. The maximum Gasteiger partial charge on any atom is 0.416 e. The van der Waals surface area contributed by atoms with Crippen molar-refractivity contribution in [2.45, 2.75) is 55.3 Å². The summed E-state index contributed by atoms with van der Waals surface area (Å²) in [5.41, 5.74) is 0.737. The Morgan fingerprint density at radius 2 is 1.76 bits per heavy atom. The third-order valence-electron chi connectivity index (χ3n) is 8.26. The fourth-order valence-corrected chi connectivity index (χ4v) is 6.29. The summed E-state index contributed by atoms with van der Waals surface area (Å²) in [7, 11) is -0.508. The first-order valence-corrected chi connectivity index (χ1v) is 16.4. The number of sulfone groups is 1. The number of aromatic nitrogens is 1.